The Balaban J connectivity index is 1.57. The Morgan fingerprint density at radius 1 is 1.37 bits per heavy atom. The highest BCUT2D eigenvalue weighted by Gasteiger charge is 2.40. The molecule has 0 radical (unpaired) electrons. The third-order valence-electron chi connectivity index (χ3n) is 4.79. The quantitative estimate of drug-likeness (QED) is 0.871. The normalized spacial score (nSPS) is 28.6. The van der Waals surface area contributed by atoms with Gasteiger partial charge in [-0.15, -0.1) is 0 Å². The average Bonchev–Trinajstić information content (AvgIpc) is 2.96. The first-order valence-corrected chi connectivity index (χ1v) is 7.55. The van der Waals surface area contributed by atoms with Gasteiger partial charge in [-0.1, -0.05) is 24.1 Å². The first kappa shape index (κ1) is 13.0. The smallest absolute Gasteiger partial charge is 0.224 e. The van der Waals surface area contributed by atoms with Crippen molar-refractivity contribution in [3.05, 3.63) is 28.8 Å². The topological polar surface area (TPSA) is 29.1 Å². The number of halogens is 1. The van der Waals surface area contributed by atoms with E-state index in [2.05, 4.69) is 5.32 Å². The average molecular weight is 278 g/mol. The molecular formula is C16H20ClNO. The van der Waals surface area contributed by atoms with Crippen LogP contribution in [0.3, 0.4) is 0 Å². The summed E-state index contributed by atoms with van der Waals surface area (Å²) in [5.41, 5.74) is 1.84. The molecule has 0 saturated heterocycles. The molecule has 3 heteroatoms. The number of fused-ring (bicyclic) bond motifs is 2. The van der Waals surface area contributed by atoms with Crippen LogP contribution in [-0.2, 0) is 4.79 Å². The third kappa shape index (κ3) is 2.79. The Morgan fingerprint density at radius 2 is 2.21 bits per heavy atom. The molecule has 2 nitrogen and oxygen atoms in total. The number of carbonyl (C=O) groups is 1. The molecule has 1 N–H and O–H groups in total. The molecular weight excluding hydrogens is 258 g/mol. The summed E-state index contributed by atoms with van der Waals surface area (Å²) in [6.07, 6.45) is 6.00. The highest BCUT2D eigenvalue weighted by Crippen LogP contribution is 2.49. The highest BCUT2D eigenvalue weighted by atomic mass is 35.5. The molecule has 3 atom stereocenters. The molecule has 2 fully saturated rings. The van der Waals surface area contributed by atoms with Crippen molar-refractivity contribution < 1.29 is 4.79 Å². The molecule has 2 aliphatic rings. The highest BCUT2D eigenvalue weighted by molar-refractivity contribution is 6.31. The van der Waals surface area contributed by atoms with Crippen LogP contribution in [0.25, 0.3) is 0 Å². The fourth-order valence-electron chi connectivity index (χ4n) is 3.75. The van der Waals surface area contributed by atoms with Gasteiger partial charge in [-0.05, 0) is 61.6 Å². The van der Waals surface area contributed by atoms with Gasteiger partial charge >= 0.3 is 0 Å². The summed E-state index contributed by atoms with van der Waals surface area (Å²) >= 11 is 6.07. The van der Waals surface area contributed by atoms with E-state index in [1.807, 2.05) is 25.1 Å². The van der Waals surface area contributed by atoms with Gasteiger partial charge in [0, 0.05) is 17.1 Å². The van der Waals surface area contributed by atoms with Crippen molar-refractivity contribution in [2.45, 2.75) is 39.0 Å². The van der Waals surface area contributed by atoms with E-state index in [9.17, 15) is 4.79 Å². The number of anilines is 1. The van der Waals surface area contributed by atoms with E-state index in [1.165, 1.54) is 25.7 Å². The van der Waals surface area contributed by atoms with Gasteiger partial charge in [-0.3, -0.25) is 4.79 Å². The Hall–Kier alpha value is -1.02. The molecule has 0 spiro atoms. The maximum atomic E-state index is 12.1. The number of aryl methyl sites for hydroxylation is 1. The molecule has 19 heavy (non-hydrogen) atoms. The number of amides is 1. The molecule has 0 aromatic heterocycles. The second-order valence-electron chi connectivity index (χ2n) is 6.15. The zero-order chi connectivity index (χ0) is 13.4. The number of carbonyl (C=O) groups excluding carboxylic acids is 1. The molecule has 2 bridgehead atoms. The number of hydrogen-bond donors (Lipinski definition) is 1. The first-order chi connectivity index (χ1) is 9.11. The van der Waals surface area contributed by atoms with E-state index in [-0.39, 0.29) is 5.91 Å². The maximum Gasteiger partial charge on any atom is 0.224 e. The Kier molecular flexibility index (Phi) is 3.53. The molecule has 0 aliphatic heterocycles. The first-order valence-electron chi connectivity index (χ1n) is 7.18. The van der Waals surface area contributed by atoms with Crippen molar-refractivity contribution in [1.29, 1.82) is 0 Å². The van der Waals surface area contributed by atoms with Crippen LogP contribution < -0.4 is 5.32 Å². The minimum Gasteiger partial charge on any atom is -0.326 e. The van der Waals surface area contributed by atoms with E-state index in [4.69, 9.17) is 11.6 Å². The van der Waals surface area contributed by atoms with Crippen molar-refractivity contribution in [1.82, 2.24) is 0 Å². The van der Waals surface area contributed by atoms with Crippen LogP contribution in [0.2, 0.25) is 5.02 Å². The lowest BCUT2D eigenvalue weighted by atomic mass is 9.86. The summed E-state index contributed by atoms with van der Waals surface area (Å²) in [6.45, 7) is 1.96. The minimum absolute atomic E-state index is 0.137. The van der Waals surface area contributed by atoms with E-state index >= 15 is 0 Å². The molecule has 2 saturated carbocycles. The van der Waals surface area contributed by atoms with Crippen molar-refractivity contribution in [3.63, 3.8) is 0 Å². The van der Waals surface area contributed by atoms with Gasteiger partial charge in [0.15, 0.2) is 0 Å². The zero-order valence-corrected chi connectivity index (χ0v) is 12.0. The van der Waals surface area contributed by atoms with Gasteiger partial charge in [0.1, 0.15) is 0 Å². The summed E-state index contributed by atoms with van der Waals surface area (Å²) < 4.78 is 0. The lowest BCUT2D eigenvalue weighted by molar-refractivity contribution is -0.117. The van der Waals surface area contributed by atoms with Gasteiger partial charge in [-0.25, -0.2) is 0 Å². The van der Waals surface area contributed by atoms with Crippen molar-refractivity contribution in [2.24, 2.45) is 17.8 Å². The summed E-state index contributed by atoms with van der Waals surface area (Å²) in [5, 5.41) is 3.68. The summed E-state index contributed by atoms with van der Waals surface area (Å²) in [4.78, 5) is 12.1. The second kappa shape index (κ2) is 5.16. The van der Waals surface area contributed by atoms with Crippen LogP contribution in [-0.4, -0.2) is 5.91 Å². The van der Waals surface area contributed by atoms with Crippen LogP contribution in [0.5, 0.6) is 0 Å². The number of nitrogens with one attached hydrogen (secondary N) is 1. The summed E-state index contributed by atoms with van der Waals surface area (Å²) in [5.74, 6) is 2.45. The van der Waals surface area contributed by atoms with Gasteiger partial charge in [0.25, 0.3) is 0 Å². The fourth-order valence-corrected chi connectivity index (χ4v) is 3.93. The van der Waals surface area contributed by atoms with E-state index in [0.29, 0.717) is 17.4 Å². The number of benzene rings is 1. The second-order valence-corrected chi connectivity index (χ2v) is 6.56. The van der Waals surface area contributed by atoms with Crippen molar-refractivity contribution in [3.8, 4) is 0 Å². The standard InChI is InChI=1S/C16H20ClNO/c1-10-2-5-14(9-15(10)17)18-16(19)8-13-7-11-3-4-12(13)6-11/h2,5,9,11-13H,3-4,6-8H2,1H3,(H,18,19)/t11-,12-,13-/m0/s1. The maximum absolute atomic E-state index is 12.1. The lowest BCUT2D eigenvalue weighted by Crippen LogP contribution is -2.20. The van der Waals surface area contributed by atoms with Gasteiger partial charge in [-0.2, -0.15) is 0 Å². The van der Waals surface area contributed by atoms with Crippen molar-refractivity contribution >= 4 is 23.2 Å². The minimum atomic E-state index is 0.137. The molecule has 102 valence electrons. The fraction of sp³-hybridized carbons (Fsp3) is 0.562. The zero-order valence-electron chi connectivity index (χ0n) is 11.3. The van der Waals surface area contributed by atoms with E-state index < -0.39 is 0 Å². The number of hydrogen-bond acceptors (Lipinski definition) is 1. The molecule has 0 unspecified atom stereocenters. The number of rotatable bonds is 3. The Bertz CT molecular complexity index is 500. The van der Waals surface area contributed by atoms with Crippen LogP contribution in [0.4, 0.5) is 5.69 Å². The van der Waals surface area contributed by atoms with Crippen molar-refractivity contribution in [2.75, 3.05) is 5.32 Å². The monoisotopic (exact) mass is 277 g/mol. The van der Waals surface area contributed by atoms with Gasteiger partial charge in [0.2, 0.25) is 5.91 Å². The predicted molar refractivity (Wildman–Crippen MR) is 78.4 cm³/mol. The summed E-state index contributed by atoms with van der Waals surface area (Å²) in [7, 11) is 0. The molecule has 2 aliphatic carbocycles. The van der Waals surface area contributed by atoms with Crippen LogP contribution in [0, 0.1) is 24.7 Å². The van der Waals surface area contributed by atoms with Crippen LogP contribution >= 0.6 is 11.6 Å². The van der Waals surface area contributed by atoms with Crippen LogP contribution in [0.15, 0.2) is 18.2 Å². The van der Waals surface area contributed by atoms with Gasteiger partial charge in [0.05, 0.1) is 0 Å². The third-order valence-corrected chi connectivity index (χ3v) is 5.19. The van der Waals surface area contributed by atoms with Crippen LogP contribution in [0.1, 0.15) is 37.7 Å². The molecule has 1 aromatic carbocycles. The summed E-state index contributed by atoms with van der Waals surface area (Å²) in [6, 6.07) is 5.69. The SMILES string of the molecule is Cc1ccc(NC(=O)C[C@@H]2C[C@H]3CC[C@H]2C3)cc1Cl. The van der Waals surface area contributed by atoms with E-state index in [0.717, 1.165) is 23.1 Å². The predicted octanol–water partition coefficient (Wildman–Crippen LogP) is 4.41. The Labute approximate surface area is 119 Å². The van der Waals surface area contributed by atoms with Gasteiger partial charge < -0.3 is 5.32 Å². The Morgan fingerprint density at radius 3 is 2.84 bits per heavy atom. The molecule has 1 amide bonds. The molecule has 0 heterocycles. The largest absolute Gasteiger partial charge is 0.326 e. The molecule has 3 rings (SSSR count). The lowest BCUT2D eigenvalue weighted by Gasteiger charge is -2.20. The van der Waals surface area contributed by atoms with E-state index in [1.54, 1.807) is 0 Å². The molecule has 1 aromatic rings.